The summed E-state index contributed by atoms with van der Waals surface area (Å²) in [5, 5.41) is 2.68. The van der Waals surface area contributed by atoms with Crippen LogP contribution in [0.1, 0.15) is 11.1 Å². The molecule has 0 saturated heterocycles. The van der Waals surface area contributed by atoms with Gasteiger partial charge in [-0.3, -0.25) is 4.79 Å². The Morgan fingerprint density at radius 3 is 2.00 bits per heavy atom. The fourth-order valence-corrected chi connectivity index (χ4v) is 3.66. The number of hydrogen-bond acceptors (Lipinski definition) is 3. The molecule has 0 aliphatic rings. The first-order chi connectivity index (χ1) is 13.8. The van der Waals surface area contributed by atoms with Gasteiger partial charge in [-0.1, -0.05) is 54.1 Å². The van der Waals surface area contributed by atoms with Crippen molar-refractivity contribution < 1.29 is 17.6 Å². The Balaban J connectivity index is 1.56. The van der Waals surface area contributed by atoms with E-state index < -0.39 is 15.9 Å². The number of carbonyl (C=O) groups is 1. The van der Waals surface area contributed by atoms with Crippen LogP contribution in [0.15, 0.2) is 77.7 Å². The molecule has 0 fully saturated rings. The topological polar surface area (TPSA) is 75.3 Å². The average molecular weight is 412 g/mol. The third kappa shape index (κ3) is 5.73. The van der Waals surface area contributed by atoms with E-state index in [2.05, 4.69) is 10.0 Å². The third-order valence-electron chi connectivity index (χ3n) is 4.38. The molecule has 0 aliphatic heterocycles. The number of hydrogen-bond donors (Lipinski definition) is 2. The van der Waals surface area contributed by atoms with Gasteiger partial charge < -0.3 is 5.32 Å². The van der Waals surface area contributed by atoms with Crippen LogP contribution in [0.25, 0.3) is 11.1 Å². The predicted octanol–water partition coefficient (Wildman–Crippen LogP) is 3.40. The van der Waals surface area contributed by atoms with Crippen LogP contribution in [0.5, 0.6) is 0 Å². The van der Waals surface area contributed by atoms with Crippen molar-refractivity contribution in [3.8, 4) is 11.1 Å². The second kappa shape index (κ2) is 8.98. The van der Waals surface area contributed by atoms with E-state index in [0.29, 0.717) is 6.54 Å². The zero-order chi connectivity index (χ0) is 20.9. The van der Waals surface area contributed by atoms with Crippen LogP contribution < -0.4 is 10.0 Å². The number of nitrogens with one attached hydrogen (secondary N) is 2. The van der Waals surface area contributed by atoms with Crippen molar-refractivity contribution >= 4 is 15.9 Å². The van der Waals surface area contributed by atoms with Crippen LogP contribution in [-0.4, -0.2) is 20.9 Å². The predicted molar refractivity (Wildman–Crippen MR) is 110 cm³/mol. The largest absolute Gasteiger partial charge is 0.351 e. The summed E-state index contributed by atoms with van der Waals surface area (Å²) in [7, 11) is -3.82. The highest BCUT2D eigenvalue weighted by molar-refractivity contribution is 7.89. The molecule has 2 N–H and O–H groups in total. The van der Waals surface area contributed by atoms with Crippen molar-refractivity contribution in [3.63, 3.8) is 0 Å². The highest BCUT2D eigenvalue weighted by Crippen LogP contribution is 2.21. The molecule has 5 nitrogen and oxygen atoms in total. The summed E-state index contributed by atoms with van der Waals surface area (Å²) < 4.78 is 40.1. The van der Waals surface area contributed by atoms with Gasteiger partial charge in [-0.2, -0.15) is 0 Å². The van der Waals surface area contributed by atoms with Crippen LogP contribution in [0.2, 0.25) is 0 Å². The molecule has 0 spiro atoms. The minimum absolute atomic E-state index is 0.0506. The van der Waals surface area contributed by atoms with Gasteiger partial charge >= 0.3 is 0 Å². The summed E-state index contributed by atoms with van der Waals surface area (Å²) in [5.74, 6) is -0.755. The lowest BCUT2D eigenvalue weighted by Gasteiger charge is -2.09. The fourth-order valence-electron chi connectivity index (χ4n) is 2.68. The van der Waals surface area contributed by atoms with E-state index in [1.165, 1.54) is 24.3 Å². The molecule has 0 radical (unpaired) electrons. The van der Waals surface area contributed by atoms with Gasteiger partial charge in [0.2, 0.25) is 15.9 Å². The zero-order valence-corrected chi connectivity index (χ0v) is 16.7. The number of amides is 1. The van der Waals surface area contributed by atoms with Gasteiger partial charge in [-0.15, -0.1) is 0 Å². The third-order valence-corrected chi connectivity index (χ3v) is 5.79. The Morgan fingerprint density at radius 1 is 0.862 bits per heavy atom. The lowest BCUT2D eigenvalue weighted by molar-refractivity contribution is -0.120. The monoisotopic (exact) mass is 412 g/mol. The molecule has 3 rings (SSSR count). The second-order valence-corrected chi connectivity index (χ2v) is 8.39. The maximum atomic E-state index is 13.0. The number of benzene rings is 3. The number of halogens is 1. The summed E-state index contributed by atoms with van der Waals surface area (Å²) in [6, 6.07) is 19.8. The van der Waals surface area contributed by atoms with Gasteiger partial charge in [0.25, 0.3) is 0 Å². The molecule has 1 amide bonds. The molecule has 0 atom stereocenters. The summed E-state index contributed by atoms with van der Waals surface area (Å²) in [5.41, 5.74) is 3.60. The molecule has 0 unspecified atom stereocenters. The molecule has 7 heteroatoms. The van der Waals surface area contributed by atoms with Crippen LogP contribution in [-0.2, 0) is 21.4 Å². The molecule has 0 saturated carbocycles. The summed E-state index contributed by atoms with van der Waals surface area (Å²) in [6.07, 6.45) is 0. The minimum Gasteiger partial charge on any atom is -0.351 e. The van der Waals surface area contributed by atoms with Crippen molar-refractivity contribution in [3.05, 3.63) is 89.7 Å². The molecule has 0 aromatic heterocycles. The lowest BCUT2D eigenvalue weighted by Crippen LogP contribution is -2.36. The van der Waals surface area contributed by atoms with Crippen LogP contribution in [0.3, 0.4) is 0 Å². The summed E-state index contributed by atoms with van der Waals surface area (Å²) in [6.45, 7) is 1.95. The SMILES string of the molecule is Cc1ccc(CNC(=O)CNS(=O)(=O)c2ccc(-c3ccc(F)cc3)cc2)cc1. The smallest absolute Gasteiger partial charge is 0.241 e. The molecule has 0 heterocycles. The standard InChI is InChI=1S/C22H21FN2O3S/c1-16-2-4-17(5-3-16)14-24-22(26)15-25-29(27,28)21-12-8-19(9-13-21)18-6-10-20(23)11-7-18/h2-13,25H,14-15H2,1H3,(H,24,26). The Labute approximate surface area is 169 Å². The molecular formula is C22H21FN2O3S. The van der Waals surface area contributed by atoms with Gasteiger partial charge in [0.15, 0.2) is 0 Å². The van der Waals surface area contributed by atoms with Crippen molar-refractivity contribution in [1.82, 2.24) is 10.0 Å². The average Bonchev–Trinajstić information content (AvgIpc) is 2.72. The maximum Gasteiger partial charge on any atom is 0.241 e. The molecule has 29 heavy (non-hydrogen) atoms. The molecule has 0 aliphatic carbocycles. The Morgan fingerprint density at radius 2 is 1.41 bits per heavy atom. The van der Waals surface area contributed by atoms with E-state index in [1.807, 2.05) is 31.2 Å². The van der Waals surface area contributed by atoms with E-state index in [-0.39, 0.29) is 17.3 Å². The van der Waals surface area contributed by atoms with Gasteiger partial charge in [-0.25, -0.2) is 17.5 Å². The fraction of sp³-hybridized carbons (Fsp3) is 0.136. The van der Waals surface area contributed by atoms with E-state index >= 15 is 0 Å². The first-order valence-electron chi connectivity index (χ1n) is 9.01. The molecule has 150 valence electrons. The zero-order valence-electron chi connectivity index (χ0n) is 15.9. The Hall–Kier alpha value is -3.03. The second-order valence-electron chi connectivity index (χ2n) is 6.62. The summed E-state index contributed by atoms with van der Waals surface area (Å²) >= 11 is 0. The molecule has 3 aromatic rings. The number of carbonyl (C=O) groups excluding carboxylic acids is 1. The van der Waals surface area contributed by atoms with Crippen molar-refractivity contribution in [2.75, 3.05) is 6.54 Å². The highest BCUT2D eigenvalue weighted by Gasteiger charge is 2.15. The Bertz CT molecular complexity index is 1080. The molecular weight excluding hydrogens is 391 g/mol. The minimum atomic E-state index is -3.82. The van der Waals surface area contributed by atoms with Gasteiger partial charge in [0.05, 0.1) is 11.4 Å². The van der Waals surface area contributed by atoms with Crippen LogP contribution in [0, 0.1) is 12.7 Å². The number of aryl methyl sites for hydroxylation is 1. The van der Waals surface area contributed by atoms with E-state index in [9.17, 15) is 17.6 Å². The van der Waals surface area contributed by atoms with Crippen LogP contribution in [0.4, 0.5) is 4.39 Å². The Kier molecular flexibility index (Phi) is 6.41. The maximum absolute atomic E-state index is 13.0. The van der Waals surface area contributed by atoms with Crippen LogP contribution >= 0.6 is 0 Å². The molecule has 3 aromatic carbocycles. The normalized spacial score (nSPS) is 11.2. The van der Waals surface area contributed by atoms with Crippen molar-refractivity contribution in [1.29, 1.82) is 0 Å². The van der Waals surface area contributed by atoms with E-state index in [1.54, 1.807) is 24.3 Å². The number of sulfonamides is 1. The first-order valence-corrected chi connectivity index (χ1v) is 10.5. The quantitative estimate of drug-likeness (QED) is 0.625. The summed E-state index contributed by atoms with van der Waals surface area (Å²) in [4.78, 5) is 12.0. The highest BCUT2D eigenvalue weighted by atomic mass is 32.2. The van der Waals surface area contributed by atoms with Crippen molar-refractivity contribution in [2.45, 2.75) is 18.4 Å². The van der Waals surface area contributed by atoms with E-state index in [4.69, 9.17) is 0 Å². The lowest BCUT2D eigenvalue weighted by atomic mass is 10.1. The van der Waals surface area contributed by atoms with Crippen molar-refractivity contribution in [2.24, 2.45) is 0 Å². The van der Waals surface area contributed by atoms with Gasteiger partial charge in [-0.05, 0) is 47.9 Å². The first kappa shape index (κ1) is 20.7. The van der Waals surface area contributed by atoms with Gasteiger partial charge in [0, 0.05) is 6.54 Å². The molecule has 0 bridgehead atoms. The number of rotatable bonds is 7. The van der Waals surface area contributed by atoms with E-state index in [0.717, 1.165) is 22.3 Å². The van der Waals surface area contributed by atoms with Gasteiger partial charge in [0.1, 0.15) is 5.82 Å².